The van der Waals surface area contributed by atoms with Gasteiger partial charge in [0, 0.05) is 12.8 Å². The molecule has 0 heterocycles. The first-order chi connectivity index (χ1) is 11.8. The summed E-state index contributed by atoms with van der Waals surface area (Å²) in [4.78, 5) is 46.0. The first kappa shape index (κ1) is 20.3. The van der Waals surface area contributed by atoms with Gasteiger partial charge in [-0.1, -0.05) is 12.1 Å². The number of methoxy groups -OCH3 is 1. The van der Waals surface area contributed by atoms with Crippen LogP contribution in [0.15, 0.2) is 24.3 Å². The van der Waals surface area contributed by atoms with Crippen LogP contribution < -0.4 is 4.74 Å². The standard InChI is InChI=1S/C18H22O7/c1-3-25-18(23)11-15(20)9-13(8-14(19)10-17(21)22)12-4-6-16(24-2)7-5-12/h4-7,13H,3,8-11H2,1-2H3,(H,21,22). The Hall–Kier alpha value is -2.70. The maximum atomic E-state index is 12.1. The summed E-state index contributed by atoms with van der Waals surface area (Å²) in [5.74, 6) is -2.54. The molecule has 0 saturated carbocycles. The Morgan fingerprint density at radius 1 is 1.00 bits per heavy atom. The second-order valence-electron chi connectivity index (χ2n) is 5.51. The Balaban J connectivity index is 2.86. The van der Waals surface area contributed by atoms with Gasteiger partial charge in [0.2, 0.25) is 0 Å². The Morgan fingerprint density at radius 2 is 1.56 bits per heavy atom. The topological polar surface area (TPSA) is 107 Å². The number of Topliss-reactive ketones (excluding diaryl/α,β-unsaturated/α-hetero) is 2. The lowest BCUT2D eigenvalue weighted by Crippen LogP contribution is -2.17. The molecule has 1 rings (SSSR count). The molecular weight excluding hydrogens is 328 g/mol. The van der Waals surface area contributed by atoms with Crippen molar-refractivity contribution in [2.24, 2.45) is 0 Å². The number of esters is 1. The number of rotatable bonds is 11. The van der Waals surface area contributed by atoms with Crippen LogP contribution >= 0.6 is 0 Å². The van der Waals surface area contributed by atoms with Gasteiger partial charge in [-0.2, -0.15) is 0 Å². The number of ketones is 2. The highest BCUT2D eigenvalue weighted by molar-refractivity contribution is 5.97. The van der Waals surface area contributed by atoms with Crippen LogP contribution in [0.25, 0.3) is 0 Å². The van der Waals surface area contributed by atoms with Gasteiger partial charge in [-0.25, -0.2) is 0 Å². The van der Waals surface area contributed by atoms with E-state index in [0.29, 0.717) is 11.3 Å². The molecule has 0 saturated heterocycles. The minimum atomic E-state index is -1.21. The summed E-state index contributed by atoms with van der Waals surface area (Å²) >= 11 is 0. The van der Waals surface area contributed by atoms with Crippen LogP contribution in [0.4, 0.5) is 0 Å². The van der Waals surface area contributed by atoms with E-state index in [1.54, 1.807) is 31.2 Å². The molecule has 1 atom stereocenters. The van der Waals surface area contributed by atoms with Crippen molar-refractivity contribution in [2.45, 2.75) is 38.5 Å². The van der Waals surface area contributed by atoms with Gasteiger partial charge in [-0.05, 0) is 30.5 Å². The van der Waals surface area contributed by atoms with Crippen molar-refractivity contribution in [2.75, 3.05) is 13.7 Å². The van der Waals surface area contributed by atoms with Crippen LogP contribution in [0.5, 0.6) is 5.75 Å². The second-order valence-corrected chi connectivity index (χ2v) is 5.51. The number of carbonyl (C=O) groups excluding carboxylic acids is 3. The molecule has 0 aromatic heterocycles. The van der Waals surface area contributed by atoms with Crippen molar-refractivity contribution in [1.29, 1.82) is 0 Å². The average Bonchev–Trinajstić information content (AvgIpc) is 2.53. The lowest BCUT2D eigenvalue weighted by molar-refractivity contribution is -0.145. The van der Waals surface area contributed by atoms with Gasteiger partial charge in [0.1, 0.15) is 30.2 Å². The summed E-state index contributed by atoms with van der Waals surface area (Å²) in [5.41, 5.74) is 0.705. The van der Waals surface area contributed by atoms with Crippen molar-refractivity contribution in [3.8, 4) is 5.75 Å². The molecule has 1 aromatic rings. The molecule has 0 aliphatic carbocycles. The van der Waals surface area contributed by atoms with Crippen LogP contribution in [0.1, 0.15) is 44.1 Å². The molecule has 0 fully saturated rings. The van der Waals surface area contributed by atoms with E-state index in [0.717, 1.165) is 0 Å². The predicted molar refractivity (Wildman–Crippen MR) is 88.5 cm³/mol. The van der Waals surface area contributed by atoms with Gasteiger partial charge in [0.05, 0.1) is 13.7 Å². The Morgan fingerprint density at radius 3 is 2.04 bits per heavy atom. The number of ether oxygens (including phenoxy) is 2. The first-order valence-corrected chi connectivity index (χ1v) is 7.90. The molecule has 0 bridgehead atoms. The fourth-order valence-corrected chi connectivity index (χ4v) is 2.42. The molecule has 1 unspecified atom stereocenters. The minimum absolute atomic E-state index is 0.0451. The van der Waals surface area contributed by atoms with Crippen LogP contribution in [-0.2, 0) is 23.9 Å². The Bertz CT molecular complexity index is 619. The van der Waals surface area contributed by atoms with E-state index in [-0.39, 0.29) is 31.7 Å². The van der Waals surface area contributed by atoms with E-state index < -0.39 is 30.1 Å². The minimum Gasteiger partial charge on any atom is -0.497 e. The number of hydrogen-bond donors (Lipinski definition) is 1. The van der Waals surface area contributed by atoms with Crippen LogP contribution in [0, 0.1) is 0 Å². The van der Waals surface area contributed by atoms with Gasteiger partial charge in [0.15, 0.2) is 0 Å². The number of aliphatic carboxylic acids is 1. The molecule has 0 aliphatic rings. The third-order valence-electron chi connectivity index (χ3n) is 3.53. The highest BCUT2D eigenvalue weighted by Gasteiger charge is 2.22. The monoisotopic (exact) mass is 350 g/mol. The van der Waals surface area contributed by atoms with Crippen LogP contribution in [0.2, 0.25) is 0 Å². The third kappa shape index (κ3) is 7.60. The van der Waals surface area contributed by atoms with E-state index in [1.165, 1.54) is 7.11 Å². The lowest BCUT2D eigenvalue weighted by atomic mass is 9.88. The lowest BCUT2D eigenvalue weighted by Gasteiger charge is -2.16. The second kappa shape index (κ2) is 10.2. The van der Waals surface area contributed by atoms with Crippen molar-refractivity contribution in [1.82, 2.24) is 0 Å². The summed E-state index contributed by atoms with van der Waals surface area (Å²) in [6.45, 7) is 1.83. The summed E-state index contributed by atoms with van der Waals surface area (Å²) in [7, 11) is 1.52. The Labute approximate surface area is 145 Å². The normalized spacial score (nSPS) is 11.4. The maximum absolute atomic E-state index is 12.1. The third-order valence-corrected chi connectivity index (χ3v) is 3.53. The fraction of sp³-hybridized carbons (Fsp3) is 0.444. The van der Waals surface area contributed by atoms with E-state index in [1.807, 2.05) is 0 Å². The van der Waals surface area contributed by atoms with Crippen molar-refractivity contribution >= 4 is 23.5 Å². The highest BCUT2D eigenvalue weighted by Crippen LogP contribution is 2.27. The highest BCUT2D eigenvalue weighted by atomic mass is 16.5. The van der Waals surface area contributed by atoms with Crippen LogP contribution in [0.3, 0.4) is 0 Å². The number of benzene rings is 1. The zero-order valence-corrected chi connectivity index (χ0v) is 14.3. The van der Waals surface area contributed by atoms with Gasteiger partial charge < -0.3 is 14.6 Å². The van der Waals surface area contributed by atoms with Crippen LogP contribution in [-0.4, -0.2) is 42.3 Å². The van der Waals surface area contributed by atoms with E-state index >= 15 is 0 Å². The molecule has 7 heteroatoms. The molecule has 0 radical (unpaired) electrons. The molecule has 136 valence electrons. The number of carboxylic acid groups (broad SMARTS) is 1. The maximum Gasteiger partial charge on any atom is 0.313 e. The molecule has 0 spiro atoms. The Kier molecular flexibility index (Phi) is 8.32. The van der Waals surface area contributed by atoms with Gasteiger partial charge in [-0.3, -0.25) is 19.2 Å². The van der Waals surface area contributed by atoms with Gasteiger partial charge in [-0.15, -0.1) is 0 Å². The van der Waals surface area contributed by atoms with E-state index in [9.17, 15) is 19.2 Å². The predicted octanol–water partition coefficient (Wildman–Crippen LogP) is 2.13. The smallest absolute Gasteiger partial charge is 0.313 e. The molecule has 25 heavy (non-hydrogen) atoms. The fourth-order valence-electron chi connectivity index (χ4n) is 2.42. The number of hydrogen-bond acceptors (Lipinski definition) is 6. The SMILES string of the molecule is CCOC(=O)CC(=O)CC(CC(=O)CC(=O)O)c1ccc(OC)cc1. The van der Waals surface area contributed by atoms with Crippen molar-refractivity contribution < 1.29 is 33.8 Å². The average molecular weight is 350 g/mol. The quantitative estimate of drug-likeness (QED) is 0.481. The molecule has 1 N–H and O–H groups in total. The van der Waals surface area contributed by atoms with Gasteiger partial charge in [0.25, 0.3) is 0 Å². The molecular formula is C18H22O7. The van der Waals surface area contributed by atoms with Gasteiger partial charge >= 0.3 is 11.9 Å². The van der Waals surface area contributed by atoms with Crippen molar-refractivity contribution in [3.05, 3.63) is 29.8 Å². The number of carboxylic acids is 1. The molecule has 7 nitrogen and oxygen atoms in total. The summed E-state index contributed by atoms with van der Waals surface area (Å²) in [6.07, 6.45) is -1.10. The largest absolute Gasteiger partial charge is 0.497 e. The summed E-state index contributed by atoms with van der Waals surface area (Å²) in [6, 6.07) is 6.82. The number of carbonyl (C=O) groups is 4. The van der Waals surface area contributed by atoms with Crippen molar-refractivity contribution in [3.63, 3.8) is 0 Å². The van der Waals surface area contributed by atoms with E-state index in [2.05, 4.69) is 0 Å². The molecule has 0 amide bonds. The zero-order chi connectivity index (χ0) is 18.8. The zero-order valence-electron chi connectivity index (χ0n) is 14.3. The summed E-state index contributed by atoms with van der Waals surface area (Å²) < 4.78 is 9.81. The molecule has 0 aliphatic heterocycles. The summed E-state index contributed by atoms with van der Waals surface area (Å²) in [5, 5.41) is 8.73. The van der Waals surface area contributed by atoms with E-state index in [4.69, 9.17) is 14.6 Å². The first-order valence-electron chi connectivity index (χ1n) is 7.90. The molecule has 1 aromatic carbocycles.